The summed E-state index contributed by atoms with van der Waals surface area (Å²) in [5.74, 6) is 0.0553. The van der Waals surface area contributed by atoms with Crippen LogP contribution >= 0.6 is 11.3 Å². The van der Waals surface area contributed by atoms with Gasteiger partial charge in [-0.3, -0.25) is 4.79 Å². The van der Waals surface area contributed by atoms with Gasteiger partial charge in [0.15, 0.2) is 0 Å². The summed E-state index contributed by atoms with van der Waals surface area (Å²) in [4.78, 5) is 18.3. The van der Waals surface area contributed by atoms with Gasteiger partial charge in [0.05, 0.1) is 4.88 Å². The number of nitrogens with one attached hydrogen (secondary N) is 1. The van der Waals surface area contributed by atoms with Crippen molar-refractivity contribution in [1.82, 2.24) is 10.3 Å². The zero-order chi connectivity index (χ0) is 12.7. The van der Waals surface area contributed by atoms with E-state index in [-0.39, 0.29) is 5.91 Å². The summed E-state index contributed by atoms with van der Waals surface area (Å²) in [6.45, 7) is 4.05. The highest BCUT2D eigenvalue weighted by Gasteiger charge is 2.21. The van der Waals surface area contributed by atoms with Crippen molar-refractivity contribution >= 4 is 27.5 Å². The van der Waals surface area contributed by atoms with Crippen LogP contribution in [0, 0.1) is 13.8 Å². The van der Waals surface area contributed by atoms with Crippen LogP contribution in [0.15, 0.2) is 12.1 Å². The lowest BCUT2D eigenvalue weighted by molar-refractivity contribution is 0.0921. The summed E-state index contributed by atoms with van der Waals surface area (Å²) in [6, 6.07) is 4.41. The van der Waals surface area contributed by atoms with Crippen LogP contribution in [0.25, 0.3) is 10.2 Å². The van der Waals surface area contributed by atoms with Crippen LogP contribution in [-0.4, -0.2) is 16.9 Å². The molecule has 94 valence electrons. The molecule has 4 heteroatoms. The molecule has 1 aliphatic carbocycles. The van der Waals surface area contributed by atoms with Crippen LogP contribution in [0.1, 0.15) is 40.2 Å². The molecule has 1 amide bonds. The second-order valence-electron chi connectivity index (χ2n) is 5.01. The van der Waals surface area contributed by atoms with Crippen LogP contribution in [0.3, 0.4) is 0 Å². The Hall–Kier alpha value is -1.42. The molecule has 0 atom stereocenters. The highest BCUT2D eigenvalue weighted by Crippen LogP contribution is 2.28. The fourth-order valence-electron chi connectivity index (χ4n) is 2.25. The topological polar surface area (TPSA) is 42.0 Å². The molecule has 0 radical (unpaired) electrons. The molecule has 1 aliphatic rings. The summed E-state index contributed by atoms with van der Waals surface area (Å²) >= 11 is 1.49. The molecule has 0 bridgehead atoms. The van der Waals surface area contributed by atoms with Crippen molar-refractivity contribution in [2.45, 2.75) is 39.2 Å². The van der Waals surface area contributed by atoms with E-state index in [2.05, 4.69) is 23.3 Å². The van der Waals surface area contributed by atoms with Crippen molar-refractivity contribution in [1.29, 1.82) is 0 Å². The third-order valence-corrected chi connectivity index (χ3v) is 4.53. The van der Waals surface area contributed by atoms with Gasteiger partial charge in [0.25, 0.3) is 5.91 Å². The van der Waals surface area contributed by atoms with Crippen molar-refractivity contribution in [3.05, 3.63) is 28.3 Å². The Balaban J connectivity index is 1.92. The number of hydrogen-bond acceptors (Lipinski definition) is 3. The van der Waals surface area contributed by atoms with Crippen molar-refractivity contribution in [2.75, 3.05) is 0 Å². The lowest BCUT2D eigenvalue weighted by Crippen LogP contribution is -2.39. The molecule has 1 N–H and O–H groups in total. The molecule has 3 rings (SSSR count). The summed E-state index contributed by atoms with van der Waals surface area (Å²) in [5, 5.41) is 4.17. The first-order valence-electron chi connectivity index (χ1n) is 6.32. The first kappa shape index (κ1) is 11.7. The average Bonchev–Trinajstić information content (AvgIpc) is 2.67. The lowest BCUT2D eigenvalue weighted by Gasteiger charge is -2.25. The molecular weight excluding hydrogens is 244 g/mol. The molecule has 1 fully saturated rings. The second kappa shape index (κ2) is 4.35. The van der Waals surface area contributed by atoms with Gasteiger partial charge in [0, 0.05) is 17.1 Å². The van der Waals surface area contributed by atoms with Crippen molar-refractivity contribution < 1.29 is 4.79 Å². The zero-order valence-electron chi connectivity index (χ0n) is 10.6. The van der Waals surface area contributed by atoms with E-state index in [4.69, 9.17) is 0 Å². The quantitative estimate of drug-likeness (QED) is 0.901. The standard InChI is InChI=1S/C14H16N2OS/c1-8-6-9(2)15-14-11(8)7-12(18-14)13(17)16-10-4-3-5-10/h6-7,10H,3-5H2,1-2H3,(H,16,17). The molecule has 2 aromatic rings. The van der Waals surface area contributed by atoms with E-state index in [9.17, 15) is 4.79 Å². The fraction of sp³-hybridized carbons (Fsp3) is 0.429. The maximum atomic E-state index is 12.1. The molecule has 3 nitrogen and oxygen atoms in total. The average molecular weight is 260 g/mol. The van der Waals surface area contributed by atoms with E-state index < -0.39 is 0 Å². The minimum absolute atomic E-state index is 0.0553. The summed E-state index contributed by atoms with van der Waals surface area (Å²) in [6.07, 6.45) is 3.47. The number of amides is 1. The molecule has 18 heavy (non-hydrogen) atoms. The minimum atomic E-state index is 0.0553. The number of aromatic nitrogens is 1. The van der Waals surface area contributed by atoms with Gasteiger partial charge < -0.3 is 5.32 Å². The summed E-state index contributed by atoms with van der Waals surface area (Å²) in [7, 11) is 0. The first-order valence-corrected chi connectivity index (χ1v) is 7.14. The van der Waals surface area contributed by atoms with Crippen molar-refractivity contribution in [3.63, 3.8) is 0 Å². The van der Waals surface area contributed by atoms with Crippen LogP contribution in [0.4, 0.5) is 0 Å². The molecule has 1 saturated carbocycles. The Morgan fingerprint density at radius 1 is 1.39 bits per heavy atom. The number of hydrogen-bond donors (Lipinski definition) is 1. The van der Waals surface area contributed by atoms with E-state index >= 15 is 0 Å². The zero-order valence-corrected chi connectivity index (χ0v) is 11.4. The summed E-state index contributed by atoms with van der Waals surface area (Å²) < 4.78 is 0. The van der Waals surface area contributed by atoms with Gasteiger partial charge in [0.2, 0.25) is 0 Å². The number of thiophene rings is 1. The van der Waals surface area contributed by atoms with Crippen LogP contribution in [0.2, 0.25) is 0 Å². The highest BCUT2D eigenvalue weighted by atomic mass is 32.1. The van der Waals surface area contributed by atoms with E-state index in [1.165, 1.54) is 23.3 Å². The smallest absolute Gasteiger partial charge is 0.261 e. The first-order chi connectivity index (χ1) is 8.63. The Morgan fingerprint density at radius 3 is 2.83 bits per heavy atom. The van der Waals surface area contributed by atoms with Gasteiger partial charge >= 0.3 is 0 Å². The maximum absolute atomic E-state index is 12.1. The van der Waals surface area contributed by atoms with E-state index in [0.717, 1.165) is 33.6 Å². The molecule has 0 saturated heterocycles. The van der Waals surface area contributed by atoms with Crippen LogP contribution in [0.5, 0.6) is 0 Å². The van der Waals surface area contributed by atoms with Crippen LogP contribution in [-0.2, 0) is 0 Å². The number of carbonyl (C=O) groups excluding carboxylic acids is 1. The van der Waals surface area contributed by atoms with Crippen molar-refractivity contribution in [3.8, 4) is 0 Å². The lowest BCUT2D eigenvalue weighted by atomic mass is 9.93. The molecular formula is C14H16N2OS. The van der Waals surface area contributed by atoms with Gasteiger partial charge in [0.1, 0.15) is 4.83 Å². The van der Waals surface area contributed by atoms with Crippen LogP contribution < -0.4 is 5.32 Å². The van der Waals surface area contributed by atoms with E-state index in [1.54, 1.807) is 0 Å². The fourth-order valence-corrected chi connectivity index (χ4v) is 3.31. The molecule has 0 aliphatic heterocycles. The van der Waals surface area contributed by atoms with Gasteiger partial charge in [-0.25, -0.2) is 4.98 Å². The molecule has 0 unspecified atom stereocenters. The predicted molar refractivity (Wildman–Crippen MR) is 74.2 cm³/mol. The molecule has 0 aromatic carbocycles. The number of fused-ring (bicyclic) bond motifs is 1. The third-order valence-electron chi connectivity index (χ3n) is 3.50. The number of aryl methyl sites for hydroxylation is 2. The van der Waals surface area contributed by atoms with Crippen molar-refractivity contribution in [2.24, 2.45) is 0 Å². The largest absolute Gasteiger partial charge is 0.349 e. The maximum Gasteiger partial charge on any atom is 0.261 e. The monoisotopic (exact) mass is 260 g/mol. The van der Waals surface area contributed by atoms with Gasteiger partial charge in [-0.1, -0.05) is 0 Å². The number of nitrogens with zero attached hydrogens (tertiary/aromatic N) is 1. The Kier molecular flexibility index (Phi) is 2.82. The molecule has 2 heterocycles. The van der Waals surface area contributed by atoms with E-state index in [1.807, 2.05) is 13.0 Å². The normalized spacial score (nSPS) is 15.7. The predicted octanol–water partition coefficient (Wildman–Crippen LogP) is 3.20. The number of pyridine rings is 1. The Bertz CT molecular complexity index is 614. The number of carbonyl (C=O) groups is 1. The molecule has 0 spiro atoms. The number of rotatable bonds is 2. The third kappa shape index (κ3) is 2.01. The summed E-state index contributed by atoms with van der Waals surface area (Å²) in [5.41, 5.74) is 2.20. The minimum Gasteiger partial charge on any atom is -0.349 e. The van der Waals surface area contributed by atoms with Gasteiger partial charge in [-0.15, -0.1) is 11.3 Å². The Labute approximate surface area is 110 Å². The Morgan fingerprint density at radius 2 is 2.17 bits per heavy atom. The second-order valence-corrected chi connectivity index (χ2v) is 6.04. The highest BCUT2D eigenvalue weighted by molar-refractivity contribution is 7.20. The SMILES string of the molecule is Cc1cc(C)c2cc(C(=O)NC3CCC3)sc2n1. The van der Waals surface area contributed by atoms with Gasteiger partial charge in [-0.2, -0.15) is 0 Å². The molecule has 2 aromatic heterocycles. The van der Waals surface area contributed by atoms with Gasteiger partial charge in [-0.05, 0) is 50.8 Å². The van der Waals surface area contributed by atoms with E-state index in [0.29, 0.717) is 6.04 Å².